The number of nitrogens with zero attached hydrogens (tertiary/aromatic N) is 1. The molecular formula is C17H25NO2. The van der Waals surface area contributed by atoms with E-state index in [0.717, 1.165) is 0 Å². The fraction of sp³-hybridized carbons (Fsp3) is 0.529. The van der Waals surface area contributed by atoms with Crippen molar-refractivity contribution in [2.75, 3.05) is 11.9 Å². The van der Waals surface area contributed by atoms with E-state index in [1.54, 1.807) is 18.0 Å². The first-order valence-electron chi connectivity index (χ1n) is 6.88. The van der Waals surface area contributed by atoms with Crippen LogP contribution in [0.1, 0.15) is 51.9 Å². The molecule has 0 saturated carbocycles. The Hall–Kier alpha value is -1.64. The summed E-state index contributed by atoms with van der Waals surface area (Å²) in [4.78, 5) is 26.5. The Labute approximate surface area is 122 Å². The van der Waals surface area contributed by atoms with Crippen LogP contribution < -0.4 is 4.90 Å². The first-order valence-corrected chi connectivity index (χ1v) is 6.88. The molecule has 1 amide bonds. The highest BCUT2D eigenvalue weighted by Crippen LogP contribution is 2.30. The Morgan fingerprint density at radius 1 is 0.900 bits per heavy atom. The van der Waals surface area contributed by atoms with Gasteiger partial charge in [-0.1, -0.05) is 53.7 Å². The molecular weight excluding hydrogens is 250 g/mol. The fourth-order valence-corrected chi connectivity index (χ4v) is 1.97. The predicted octanol–water partition coefficient (Wildman–Crippen LogP) is 3.92. The highest BCUT2D eigenvalue weighted by atomic mass is 16.2. The van der Waals surface area contributed by atoms with Crippen molar-refractivity contribution in [3.05, 3.63) is 29.8 Å². The quantitative estimate of drug-likeness (QED) is 0.767. The number of carbonyl (C=O) groups excluding carboxylic acids is 2. The van der Waals surface area contributed by atoms with Gasteiger partial charge < -0.3 is 4.90 Å². The number of anilines is 1. The van der Waals surface area contributed by atoms with E-state index >= 15 is 0 Å². The monoisotopic (exact) mass is 275 g/mol. The molecule has 0 radical (unpaired) electrons. The molecule has 1 aromatic carbocycles. The predicted molar refractivity (Wildman–Crippen MR) is 83.1 cm³/mol. The van der Waals surface area contributed by atoms with E-state index in [9.17, 15) is 9.59 Å². The molecule has 0 aliphatic rings. The van der Waals surface area contributed by atoms with Crippen LogP contribution >= 0.6 is 0 Å². The van der Waals surface area contributed by atoms with Crippen LogP contribution in [0.4, 0.5) is 5.69 Å². The lowest BCUT2D eigenvalue weighted by atomic mass is 9.85. The summed E-state index contributed by atoms with van der Waals surface area (Å²) in [5.74, 6) is 0.0355. The molecule has 0 fully saturated rings. The number of rotatable bonds is 2. The number of hydrogen-bond acceptors (Lipinski definition) is 2. The molecule has 1 aromatic rings. The second-order valence-electron chi connectivity index (χ2n) is 7.21. The summed E-state index contributed by atoms with van der Waals surface area (Å²) in [5.41, 5.74) is 0.321. The lowest BCUT2D eigenvalue weighted by Gasteiger charge is -2.28. The minimum Gasteiger partial charge on any atom is -0.314 e. The van der Waals surface area contributed by atoms with Crippen molar-refractivity contribution >= 4 is 17.4 Å². The highest BCUT2D eigenvalue weighted by molar-refractivity contribution is 6.08. The molecule has 0 saturated heterocycles. The number of Topliss-reactive ketones (excluding diaryl/α,β-unsaturated/α-hetero) is 1. The molecule has 0 bridgehead atoms. The Morgan fingerprint density at radius 2 is 1.40 bits per heavy atom. The van der Waals surface area contributed by atoms with Gasteiger partial charge in [-0.2, -0.15) is 0 Å². The molecule has 20 heavy (non-hydrogen) atoms. The molecule has 0 heterocycles. The number of benzene rings is 1. The van der Waals surface area contributed by atoms with Crippen molar-refractivity contribution in [2.24, 2.45) is 10.8 Å². The van der Waals surface area contributed by atoms with E-state index in [-0.39, 0.29) is 11.7 Å². The average Bonchev–Trinajstić information content (AvgIpc) is 2.34. The zero-order valence-corrected chi connectivity index (χ0v) is 13.6. The maximum Gasteiger partial charge on any atom is 0.232 e. The first kappa shape index (κ1) is 16.4. The van der Waals surface area contributed by atoms with Crippen LogP contribution in [0.5, 0.6) is 0 Å². The lowest BCUT2D eigenvalue weighted by Crippen LogP contribution is -2.38. The van der Waals surface area contributed by atoms with Gasteiger partial charge in [-0.25, -0.2) is 0 Å². The zero-order chi connectivity index (χ0) is 15.7. The first-order chi connectivity index (χ1) is 8.96. The average molecular weight is 275 g/mol. The molecule has 0 aliphatic heterocycles. The van der Waals surface area contributed by atoms with Crippen molar-refractivity contribution in [1.29, 1.82) is 0 Å². The van der Waals surface area contributed by atoms with E-state index in [1.165, 1.54) is 0 Å². The van der Waals surface area contributed by atoms with Crippen LogP contribution in [0.15, 0.2) is 24.3 Å². The smallest absolute Gasteiger partial charge is 0.232 e. The molecule has 0 aromatic heterocycles. The zero-order valence-electron chi connectivity index (χ0n) is 13.6. The Morgan fingerprint density at radius 3 is 1.85 bits per heavy atom. The van der Waals surface area contributed by atoms with Gasteiger partial charge in [-0.3, -0.25) is 9.59 Å². The minimum atomic E-state index is -0.480. The summed E-state index contributed by atoms with van der Waals surface area (Å²) in [6.45, 7) is 11.3. The van der Waals surface area contributed by atoms with Crippen molar-refractivity contribution in [1.82, 2.24) is 0 Å². The molecule has 0 unspecified atom stereocenters. The van der Waals surface area contributed by atoms with E-state index < -0.39 is 10.8 Å². The standard InChI is InChI=1S/C17H25NO2/c1-16(2,3)14(19)12-10-8-9-11-13(12)18(7)15(20)17(4,5)6/h8-11H,1-7H3. The molecule has 0 aliphatic carbocycles. The SMILES string of the molecule is CN(C(=O)C(C)(C)C)c1ccccc1C(=O)C(C)(C)C. The van der Waals surface area contributed by atoms with Gasteiger partial charge in [0.05, 0.1) is 5.69 Å². The van der Waals surface area contributed by atoms with Gasteiger partial charge in [0.25, 0.3) is 0 Å². The molecule has 0 spiro atoms. The third-order valence-corrected chi connectivity index (χ3v) is 3.14. The van der Waals surface area contributed by atoms with E-state index in [1.807, 2.05) is 59.7 Å². The fourth-order valence-electron chi connectivity index (χ4n) is 1.97. The maximum absolute atomic E-state index is 12.5. The van der Waals surface area contributed by atoms with Gasteiger partial charge in [-0.05, 0) is 12.1 Å². The van der Waals surface area contributed by atoms with Crippen molar-refractivity contribution in [3.8, 4) is 0 Å². The number of hydrogen-bond donors (Lipinski definition) is 0. The normalized spacial score (nSPS) is 12.2. The second kappa shape index (κ2) is 5.39. The van der Waals surface area contributed by atoms with E-state index in [2.05, 4.69) is 0 Å². The number of para-hydroxylation sites is 1. The molecule has 3 heteroatoms. The van der Waals surface area contributed by atoms with Gasteiger partial charge in [0.15, 0.2) is 5.78 Å². The maximum atomic E-state index is 12.5. The number of amides is 1. The highest BCUT2D eigenvalue weighted by Gasteiger charge is 2.30. The second-order valence-corrected chi connectivity index (χ2v) is 7.21. The van der Waals surface area contributed by atoms with Crippen LogP contribution in [0.3, 0.4) is 0 Å². The third kappa shape index (κ3) is 3.47. The summed E-state index contributed by atoms with van der Waals surface area (Å²) < 4.78 is 0. The van der Waals surface area contributed by atoms with Crippen LogP contribution in [0, 0.1) is 10.8 Å². The van der Waals surface area contributed by atoms with E-state index in [4.69, 9.17) is 0 Å². The number of ketones is 1. The van der Waals surface area contributed by atoms with Gasteiger partial charge in [0.2, 0.25) is 5.91 Å². The van der Waals surface area contributed by atoms with Crippen molar-refractivity contribution in [2.45, 2.75) is 41.5 Å². The van der Waals surface area contributed by atoms with Gasteiger partial charge >= 0.3 is 0 Å². The summed E-state index contributed by atoms with van der Waals surface area (Å²) in [6, 6.07) is 7.29. The Kier molecular flexibility index (Phi) is 4.42. The molecule has 110 valence electrons. The largest absolute Gasteiger partial charge is 0.314 e. The van der Waals surface area contributed by atoms with Crippen LogP contribution in [0.2, 0.25) is 0 Å². The van der Waals surface area contributed by atoms with Crippen molar-refractivity contribution < 1.29 is 9.59 Å². The topological polar surface area (TPSA) is 37.4 Å². The summed E-state index contributed by atoms with van der Waals surface area (Å²) in [5, 5.41) is 0. The molecule has 3 nitrogen and oxygen atoms in total. The molecule has 0 N–H and O–H groups in total. The van der Waals surface area contributed by atoms with Crippen LogP contribution in [-0.2, 0) is 4.79 Å². The van der Waals surface area contributed by atoms with Crippen LogP contribution in [0.25, 0.3) is 0 Å². The number of carbonyl (C=O) groups is 2. The minimum absolute atomic E-state index is 0.00772. The van der Waals surface area contributed by atoms with Gasteiger partial charge in [-0.15, -0.1) is 0 Å². The summed E-state index contributed by atoms with van der Waals surface area (Å²) in [6.07, 6.45) is 0. The Bertz CT molecular complexity index is 519. The van der Waals surface area contributed by atoms with E-state index in [0.29, 0.717) is 11.3 Å². The third-order valence-electron chi connectivity index (χ3n) is 3.14. The van der Waals surface area contributed by atoms with Crippen LogP contribution in [-0.4, -0.2) is 18.7 Å². The Balaban J connectivity index is 3.28. The molecule has 1 rings (SSSR count). The van der Waals surface area contributed by atoms with Gasteiger partial charge in [0.1, 0.15) is 0 Å². The summed E-state index contributed by atoms with van der Waals surface area (Å²) in [7, 11) is 1.72. The summed E-state index contributed by atoms with van der Waals surface area (Å²) >= 11 is 0. The molecule has 0 atom stereocenters. The lowest BCUT2D eigenvalue weighted by molar-refractivity contribution is -0.125. The van der Waals surface area contributed by atoms with Gasteiger partial charge in [0, 0.05) is 23.4 Å². The van der Waals surface area contributed by atoms with Crippen molar-refractivity contribution in [3.63, 3.8) is 0 Å².